The molecule has 1 aromatic carbocycles. The van der Waals surface area contributed by atoms with Gasteiger partial charge in [-0.05, 0) is 44.9 Å². The molecule has 0 aliphatic heterocycles. The molecule has 0 unspecified atom stereocenters. The van der Waals surface area contributed by atoms with Crippen molar-refractivity contribution in [2.24, 2.45) is 5.73 Å². The van der Waals surface area contributed by atoms with Gasteiger partial charge in [0.05, 0.1) is 12.1 Å². The summed E-state index contributed by atoms with van der Waals surface area (Å²) < 4.78 is 5.76. The molecule has 1 rings (SSSR count). The van der Waals surface area contributed by atoms with E-state index in [0.717, 1.165) is 30.6 Å². The van der Waals surface area contributed by atoms with Gasteiger partial charge in [0.1, 0.15) is 11.4 Å². The van der Waals surface area contributed by atoms with E-state index in [9.17, 15) is 5.11 Å². The van der Waals surface area contributed by atoms with Crippen molar-refractivity contribution in [2.45, 2.75) is 64.7 Å². The summed E-state index contributed by atoms with van der Waals surface area (Å²) in [5.74, 6) is 0.825. The Balaban J connectivity index is 0.00000361. The standard InChI is InChI=1S/C16H27NO2.ClH/c1-5-6-7-14(18)15(17)12-8-10-13(11-9-12)19-16(2,3)4;/h8-11,14-15,18H,5-7,17H2,1-4H3;1H/t14-,15+;/m0./s1. The lowest BCUT2D eigenvalue weighted by molar-refractivity contribution is 0.128. The molecule has 0 fully saturated rings. The lowest BCUT2D eigenvalue weighted by atomic mass is 9.98. The van der Waals surface area contributed by atoms with Crippen molar-refractivity contribution >= 4 is 12.4 Å². The number of unbranched alkanes of at least 4 members (excludes halogenated alkanes) is 1. The number of benzene rings is 1. The first kappa shape index (κ1) is 19.2. The van der Waals surface area contributed by atoms with E-state index in [-0.39, 0.29) is 24.0 Å². The van der Waals surface area contributed by atoms with Crippen molar-refractivity contribution in [1.29, 1.82) is 0 Å². The number of ether oxygens (including phenoxy) is 1. The first-order valence-corrected chi connectivity index (χ1v) is 7.06. The minimum Gasteiger partial charge on any atom is -0.488 e. The molecule has 0 saturated carbocycles. The van der Waals surface area contributed by atoms with Crippen molar-refractivity contribution < 1.29 is 9.84 Å². The van der Waals surface area contributed by atoms with Crippen LogP contribution in [0.2, 0.25) is 0 Å². The molecule has 0 radical (unpaired) electrons. The molecule has 2 atom stereocenters. The fourth-order valence-electron chi connectivity index (χ4n) is 1.93. The van der Waals surface area contributed by atoms with Crippen LogP contribution in [-0.2, 0) is 0 Å². The molecule has 0 aromatic heterocycles. The zero-order valence-electron chi connectivity index (χ0n) is 12.9. The molecule has 0 aliphatic rings. The second-order valence-electron chi connectivity index (χ2n) is 6.02. The van der Waals surface area contributed by atoms with Gasteiger partial charge in [-0.3, -0.25) is 0 Å². The van der Waals surface area contributed by atoms with E-state index in [1.807, 2.05) is 45.0 Å². The Kier molecular flexibility index (Phi) is 8.17. The highest BCUT2D eigenvalue weighted by molar-refractivity contribution is 5.85. The van der Waals surface area contributed by atoms with E-state index in [4.69, 9.17) is 10.5 Å². The molecular formula is C16H28ClNO2. The number of aliphatic hydroxyl groups is 1. The maximum Gasteiger partial charge on any atom is 0.120 e. The van der Waals surface area contributed by atoms with E-state index >= 15 is 0 Å². The number of halogens is 1. The van der Waals surface area contributed by atoms with E-state index in [0.29, 0.717) is 0 Å². The van der Waals surface area contributed by atoms with Crippen LogP contribution < -0.4 is 10.5 Å². The quantitative estimate of drug-likeness (QED) is 0.839. The van der Waals surface area contributed by atoms with Crippen molar-refractivity contribution in [3.63, 3.8) is 0 Å². The summed E-state index contributed by atoms with van der Waals surface area (Å²) in [7, 11) is 0. The number of aliphatic hydroxyl groups excluding tert-OH is 1. The highest BCUT2D eigenvalue weighted by Gasteiger charge is 2.17. The number of hydrogen-bond acceptors (Lipinski definition) is 3. The molecule has 3 nitrogen and oxygen atoms in total. The maximum atomic E-state index is 10.0. The molecule has 0 bridgehead atoms. The second kappa shape index (κ2) is 8.50. The smallest absolute Gasteiger partial charge is 0.120 e. The lowest BCUT2D eigenvalue weighted by Gasteiger charge is -2.22. The van der Waals surface area contributed by atoms with Crippen LogP contribution in [0.5, 0.6) is 5.75 Å². The van der Waals surface area contributed by atoms with Gasteiger partial charge in [0, 0.05) is 0 Å². The average molecular weight is 302 g/mol. The van der Waals surface area contributed by atoms with Crippen LogP contribution in [0.1, 0.15) is 58.6 Å². The van der Waals surface area contributed by atoms with Crippen LogP contribution in [0.25, 0.3) is 0 Å². The van der Waals surface area contributed by atoms with Crippen molar-refractivity contribution in [3.05, 3.63) is 29.8 Å². The van der Waals surface area contributed by atoms with E-state index in [2.05, 4.69) is 6.92 Å². The Morgan fingerprint density at radius 1 is 1.20 bits per heavy atom. The largest absolute Gasteiger partial charge is 0.488 e. The monoisotopic (exact) mass is 301 g/mol. The van der Waals surface area contributed by atoms with Gasteiger partial charge >= 0.3 is 0 Å². The molecule has 4 heteroatoms. The van der Waals surface area contributed by atoms with Crippen molar-refractivity contribution in [3.8, 4) is 5.75 Å². The van der Waals surface area contributed by atoms with Gasteiger partial charge in [0.15, 0.2) is 0 Å². The van der Waals surface area contributed by atoms with Crippen LogP contribution in [0.4, 0.5) is 0 Å². The highest BCUT2D eigenvalue weighted by atomic mass is 35.5. The van der Waals surface area contributed by atoms with Crippen molar-refractivity contribution in [2.75, 3.05) is 0 Å². The summed E-state index contributed by atoms with van der Waals surface area (Å²) in [5, 5.41) is 10.0. The summed E-state index contributed by atoms with van der Waals surface area (Å²) in [6.45, 7) is 8.15. The fourth-order valence-corrected chi connectivity index (χ4v) is 1.93. The van der Waals surface area contributed by atoms with Crippen LogP contribution >= 0.6 is 12.4 Å². The average Bonchev–Trinajstić information content (AvgIpc) is 2.34. The minimum atomic E-state index is -0.477. The van der Waals surface area contributed by atoms with Gasteiger partial charge in [0.25, 0.3) is 0 Å². The molecule has 116 valence electrons. The Morgan fingerprint density at radius 3 is 2.20 bits per heavy atom. The van der Waals surface area contributed by atoms with E-state index in [1.165, 1.54) is 0 Å². The Morgan fingerprint density at radius 2 is 1.75 bits per heavy atom. The first-order chi connectivity index (χ1) is 8.83. The van der Waals surface area contributed by atoms with Crippen LogP contribution in [0.15, 0.2) is 24.3 Å². The normalized spacial score (nSPS) is 14.3. The predicted octanol–water partition coefficient (Wildman–Crippen LogP) is 3.84. The lowest BCUT2D eigenvalue weighted by Crippen LogP contribution is -2.26. The van der Waals surface area contributed by atoms with Crippen LogP contribution in [0, 0.1) is 0 Å². The molecule has 0 amide bonds. The third-order valence-corrected chi connectivity index (χ3v) is 2.96. The number of nitrogens with two attached hydrogens (primary N) is 1. The van der Waals surface area contributed by atoms with E-state index in [1.54, 1.807) is 0 Å². The molecule has 0 saturated heterocycles. The second-order valence-corrected chi connectivity index (χ2v) is 6.02. The van der Waals surface area contributed by atoms with Crippen molar-refractivity contribution in [1.82, 2.24) is 0 Å². The third kappa shape index (κ3) is 6.60. The molecule has 0 spiro atoms. The summed E-state index contributed by atoms with van der Waals surface area (Å²) >= 11 is 0. The number of hydrogen-bond donors (Lipinski definition) is 2. The van der Waals surface area contributed by atoms with Crippen LogP contribution in [-0.4, -0.2) is 16.8 Å². The van der Waals surface area contributed by atoms with Gasteiger partial charge in [-0.2, -0.15) is 0 Å². The van der Waals surface area contributed by atoms with Gasteiger partial charge in [-0.15, -0.1) is 12.4 Å². The Bertz CT molecular complexity index is 373. The molecule has 3 N–H and O–H groups in total. The highest BCUT2D eigenvalue weighted by Crippen LogP contribution is 2.23. The van der Waals surface area contributed by atoms with E-state index < -0.39 is 6.10 Å². The third-order valence-electron chi connectivity index (χ3n) is 2.96. The maximum absolute atomic E-state index is 10.0. The first-order valence-electron chi connectivity index (χ1n) is 7.06. The predicted molar refractivity (Wildman–Crippen MR) is 86.5 cm³/mol. The molecule has 0 aliphatic carbocycles. The summed E-state index contributed by atoms with van der Waals surface area (Å²) in [6, 6.07) is 7.36. The molecule has 20 heavy (non-hydrogen) atoms. The van der Waals surface area contributed by atoms with Gasteiger partial charge in [-0.1, -0.05) is 31.9 Å². The Hall–Kier alpha value is -0.770. The number of rotatable bonds is 6. The zero-order chi connectivity index (χ0) is 14.5. The Labute approximate surface area is 128 Å². The summed E-state index contributed by atoms with van der Waals surface area (Å²) in [4.78, 5) is 0. The zero-order valence-corrected chi connectivity index (χ0v) is 13.7. The SMILES string of the molecule is CCCC[C@H](O)[C@H](N)c1ccc(OC(C)(C)C)cc1.Cl. The summed E-state index contributed by atoms with van der Waals surface area (Å²) in [6.07, 6.45) is 2.34. The molecular weight excluding hydrogens is 274 g/mol. The minimum absolute atomic E-state index is 0. The van der Waals surface area contributed by atoms with Gasteiger partial charge < -0.3 is 15.6 Å². The van der Waals surface area contributed by atoms with Gasteiger partial charge in [-0.25, -0.2) is 0 Å². The fraction of sp³-hybridized carbons (Fsp3) is 0.625. The summed E-state index contributed by atoms with van der Waals surface area (Å²) in [5.41, 5.74) is 6.81. The molecule has 1 aromatic rings. The topological polar surface area (TPSA) is 55.5 Å². The molecule has 0 heterocycles. The van der Waals surface area contributed by atoms with Crippen LogP contribution in [0.3, 0.4) is 0 Å². The van der Waals surface area contributed by atoms with Gasteiger partial charge in [0.2, 0.25) is 0 Å².